The highest BCUT2D eigenvalue weighted by molar-refractivity contribution is 5.97. The molecule has 10 heteroatoms. The van der Waals surface area contributed by atoms with Crippen LogP contribution in [0.4, 0.5) is 11.6 Å². The molecule has 2 N–H and O–H groups in total. The Morgan fingerprint density at radius 1 is 1.12 bits per heavy atom. The van der Waals surface area contributed by atoms with E-state index in [1.807, 2.05) is 24.3 Å². The lowest BCUT2D eigenvalue weighted by atomic mass is 10.2. The van der Waals surface area contributed by atoms with Gasteiger partial charge in [-0.15, -0.1) is 0 Å². The molecular weight excluding hydrogens is 424 g/mol. The van der Waals surface area contributed by atoms with Crippen LogP contribution in [0.2, 0.25) is 0 Å². The van der Waals surface area contributed by atoms with Crippen molar-refractivity contribution < 1.29 is 14.3 Å². The average molecular weight is 448 g/mol. The van der Waals surface area contributed by atoms with Gasteiger partial charge in [0.05, 0.1) is 17.2 Å². The minimum Gasteiger partial charge on any atom is -0.480 e. The zero-order valence-corrected chi connectivity index (χ0v) is 18.0. The molecule has 0 saturated carbocycles. The zero-order chi connectivity index (χ0) is 22.8. The smallest absolute Gasteiger partial charge is 0.269 e. The van der Waals surface area contributed by atoms with Crippen molar-refractivity contribution in [2.45, 2.75) is 31.8 Å². The lowest BCUT2D eigenvalue weighted by molar-refractivity contribution is -0.118. The van der Waals surface area contributed by atoms with E-state index in [0.29, 0.717) is 36.9 Å². The van der Waals surface area contributed by atoms with Crippen LogP contribution in [0.3, 0.4) is 0 Å². The van der Waals surface area contributed by atoms with Gasteiger partial charge in [0.1, 0.15) is 5.82 Å². The maximum Gasteiger partial charge on any atom is 0.269 e. The van der Waals surface area contributed by atoms with Crippen molar-refractivity contribution in [3.05, 3.63) is 52.9 Å². The molecule has 1 aromatic carbocycles. The maximum atomic E-state index is 12.5. The second-order valence-corrected chi connectivity index (χ2v) is 8.16. The SMILES string of the molecule is O=C1COc2ccc(N3C[C@H](NCCCCn4c(=O)cnc5ccccc54)CC3=O)nc2N1. The van der Waals surface area contributed by atoms with Crippen molar-refractivity contribution in [2.75, 3.05) is 29.9 Å². The summed E-state index contributed by atoms with van der Waals surface area (Å²) in [4.78, 5) is 46.5. The van der Waals surface area contributed by atoms with Gasteiger partial charge < -0.3 is 19.9 Å². The Morgan fingerprint density at radius 3 is 2.91 bits per heavy atom. The van der Waals surface area contributed by atoms with Gasteiger partial charge >= 0.3 is 0 Å². The van der Waals surface area contributed by atoms with Gasteiger partial charge in [0.2, 0.25) is 5.91 Å². The van der Waals surface area contributed by atoms with Gasteiger partial charge in [0, 0.05) is 25.6 Å². The molecule has 1 fully saturated rings. The molecule has 0 radical (unpaired) electrons. The first kappa shape index (κ1) is 21.1. The number of amides is 2. The van der Waals surface area contributed by atoms with Crippen molar-refractivity contribution in [2.24, 2.45) is 0 Å². The minimum atomic E-state index is -0.263. The molecular formula is C23H24N6O4. The Hall–Kier alpha value is -3.79. The Kier molecular flexibility index (Phi) is 5.74. The van der Waals surface area contributed by atoms with Crippen molar-refractivity contribution in [3.8, 4) is 5.75 Å². The number of benzene rings is 1. The van der Waals surface area contributed by atoms with Gasteiger partial charge in [-0.25, -0.2) is 9.97 Å². The number of aromatic nitrogens is 3. The predicted octanol–water partition coefficient (Wildman–Crippen LogP) is 1.30. The number of hydrogen-bond acceptors (Lipinski definition) is 7. The molecule has 0 unspecified atom stereocenters. The number of carbonyl (C=O) groups excluding carboxylic acids is 2. The van der Waals surface area contributed by atoms with Crippen LogP contribution >= 0.6 is 0 Å². The Morgan fingerprint density at radius 2 is 2.00 bits per heavy atom. The number of nitrogens with one attached hydrogen (secondary N) is 2. The van der Waals surface area contributed by atoms with Crippen LogP contribution < -0.4 is 25.8 Å². The molecule has 2 aliphatic rings. The van der Waals surface area contributed by atoms with Crippen molar-refractivity contribution in [1.82, 2.24) is 19.9 Å². The van der Waals surface area contributed by atoms with E-state index in [9.17, 15) is 14.4 Å². The largest absolute Gasteiger partial charge is 0.480 e. The molecule has 2 amide bonds. The van der Waals surface area contributed by atoms with Crippen LogP contribution in [-0.2, 0) is 16.1 Å². The Bertz CT molecular complexity index is 1270. The summed E-state index contributed by atoms with van der Waals surface area (Å²) in [5.41, 5.74) is 1.55. The summed E-state index contributed by atoms with van der Waals surface area (Å²) in [5, 5.41) is 6.10. The van der Waals surface area contributed by atoms with Crippen LogP contribution in [0.15, 0.2) is 47.4 Å². The predicted molar refractivity (Wildman–Crippen MR) is 122 cm³/mol. The molecule has 33 heavy (non-hydrogen) atoms. The molecule has 10 nitrogen and oxygen atoms in total. The molecule has 1 saturated heterocycles. The molecule has 5 rings (SSSR count). The minimum absolute atomic E-state index is 0.0159. The fourth-order valence-electron chi connectivity index (χ4n) is 4.22. The van der Waals surface area contributed by atoms with E-state index in [4.69, 9.17) is 4.74 Å². The lowest BCUT2D eigenvalue weighted by Gasteiger charge is -2.21. The first-order chi connectivity index (χ1) is 16.1. The van der Waals surface area contributed by atoms with Crippen LogP contribution in [0, 0.1) is 0 Å². The average Bonchev–Trinajstić information content (AvgIpc) is 3.20. The standard InChI is InChI=1S/C23H24N6O4/c30-20-14-33-18-7-8-19(26-23(18)27-20)29-13-15(11-21(29)31)24-9-3-4-10-28-17-6-2-1-5-16(17)25-12-22(28)32/h1-2,5-8,12,15,24H,3-4,9-11,13-14H2,(H,26,27,30)/t15-/m1/s1. The molecule has 2 aliphatic heterocycles. The highest BCUT2D eigenvalue weighted by Crippen LogP contribution is 2.30. The van der Waals surface area contributed by atoms with Gasteiger partial charge in [0.25, 0.3) is 11.5 Å². The summed E-state index contributed by atoms with van der Waals surface area (Å²) in [6, 6.07) is 11.1. The molecule has 1 atom stereocenters. The topological polar surface area (TPSA) is 118 Å². The van der Waals surface area contributed by atoms with E-state index in [1.54, 1.807) is 21.6 Å². The normalized spacial score (nSPS) is 17.7. The van der Waals surface area contributed by atoms with Gasteiger partial charge in [-0.3, -0.25) is 19.3 Å². The maximum absolute atomic E-state index is 12.5. The molecule has 0 spiro atoms. The second kappa shape index (κ2) is 8.99. The summed E-state index contributed by atoms with van der Waals surface area (Å²) < 4.78 is 7.08. The van der Waals surface area contributed by atoms with E-state index in [-0.39, 0.29) is 30.0 Å². The lowest BCUT2D eigenvalue weighted by Crippen LogP contribution is -2.34. The van der Waals surface area contributed by atoms with Gasteiger partial charge in [-0.1, -0.05) is 12.1 Å². The highest BCUT2D eigenvalue weighted by Gasteiger charge is 2.31. The number of aryl methyl sites for hydroxylation is 1. The van der Waals surface area contributed by atoms with Crippen molar-refractivity contribution in [3.63, 3.8) is 0 Å². The monoisotopic (exact) mass is 448 g/mol. The van der Waals surface area contributed by atoms with Crippen LogP contribution in [0.5, 0.6) is 5.75 Å². The van der Waals surface area contributed by atoms with Crippen LogP contribution in [-0.4, -0.2) is 52.1 Å². The third-order valence-corrected chi connectivity index (χ3v) is 5.86. The zero-order valence-electron chi connectivity index (χ0n) is 18.0. The van der Waals surface area contributed by atoms with Gasteiger partial charge in [-0.05, 0) is 43.7 Å². The molecule has 3 aromatic rings. The van der Waals surface area contributed by atoms with Gasteiger partial charge in [0.15, 0.2) is 18.2 Å². The molecule has 170 valence electrons. The number of fused-ring (bicyclic) bond motifs is 2. The number of rotatable bonds is 7. The number of para-hydroxylation sites is 2. The van der Waals surface area contributed by atoms with E-state index in [0.717, 1.165) is 30.4 Å². The number of hydrogen-bond donors (Lipinski definition) is 2. The van der Waals surface area contributed by atoms with E-state index < -0.39 is 0 Å². The number of nitrogens with zero attached hydrogens (tertiary/aromatic N) is 4. The first-order valence-corrected chi connectivity index (χ1v) is 11.0. The van der Waals surface area contributed by atoms with Crippen molar-refractivity contribution in [1.29, 1.82) is 0 Å². The number of unbranched alkanes of at least 4 members (excludes halogenated alkanes) is 1. The summed E-state index contributed by atoms with van der Waals surface area (Å²) in [7, 11) is 0. The summed E-state index contributed by atoms with van der Waals surface area (Å²) in [5.74, 6) is 1.06. The van der Waals surface area contributed by atoms with E-state index in [2.05, 4.69) is 20.6 Å². The van der Waals surface area contributed by atoms with Gasteiger partial charge in [-0.2, -0.15) is 0 Å². The summed E-state index contributed by atoms with van der Waals surface area (Å²) in [6.07, 6.45) is 3.45. The molecule has 0 bridgehead atoms. The number of carbonyl (C=O) groups is 2. The second-order valence-electron chi connectivity index (χ2n) is 8.16. The van der Waals surface area contributed by atoms with E-state index >= 15 is 0 Å². The first-order valence-electron chi connectivity index (χ1n) is 11.0. The number of ether oxygens (including phenoxy) is 1. The molecule has 0 aliphatic carbocycles. The number of anilines is 2. The Labute approximate surface area is 189 Å². The van der Waals surface area contributed by atoms with Crippen LogP contribution in [0.25, 0.3) is 11.0 Å². The molecule has 2 aromatic heterocycles. The van der Waals surface area contributed by atoms with Crippen molar-refractivity contribution >= 4 is 34.5 Å². The Balaban J connectivity index is 1.13. The third-order valence-electron chi connectivity index (χ3n) is 5.86. The third kappa shape index (κ3) is 4.42. The highest BCUT2D eigenvalue weighted by atomic mass is 16.5. The fourth-order valence-corrected chi connectivity index (χ4v) is 4.22. The van der Waals surface area contributed by atoms with E-state index in [1.165, 1.54) is 6.20 Å². The molecule has 4 heterocycles. The summed E-state index contributed by atoms with van der Waals surface area (Å²) >= 11 is 0. The quantitative estimate of drug-likeness (QED) is 0.523. The fraction of sp³-hybridized carbons (Fsp3) is 0.348. The summed E-state index contributed by atoms with van der Waals surface area (Å²) in [6.45, 7) is 1.83. The van der Waals surface area contributed by atoms with Crippen LogP contribution in [0.1, 0.15) is 19.3 Å². The number of pyridine rings is 1.